The number of hydrogen-bond acceptors (Lipinski definition) is 3. The van der Waals surface area contributed by atoms with Crippen molar-refractivity contribution >= 4 is 11.8 Å². The van der Waals surface area contributed by atoms with E-state index in [1.54, 1.807) is 11.9 Å². The van der Waals surface area contributed by atoms with Gasteiger partial charge in [-0.25, -0.2) is 0 Å². The number of rotatable bonds is 2. The minimum atomic E-state index is -0.338. The standard InChI is InChI=1S/C12H20N2O3/c1-8-5-6-10(17-8)12(16)14-7-3-4-9(14)11(15)13-2/h8-10H,3-7H2,1-2H3,(H,13,15). The van der Waals surface area contributed by atoms with E-state index in [1.807, 2.05) is 6.92 Å². The molecule has 5 heteroatoms. The number of amides is 2. The zero-order valence-electron chi connectivity index (χ0n) is 10.4. The highest BCUT2D eigenvalue weighted by Gasteiger charge is 2.39. The first-order valence-electron chi connectivity index (χ1n) is 6.31. The van der Waals surface area contributed by atoms with E-state index in [-0.39, 0.29) is 30.1 Å². The van der Waals surface area contributed by atoms with Crippen LogP contribution < -0.4 is 5.32 Å². The average molecular weight is 240 g/mol. The molecule has 2 fully saturated rings. The van der Waals surface area contributed by atoms with Crippen molar-refractivity contribution in [3.63, 3.8) is 0 Å². The van der Waals surface area contributed by atoms with Gasteiger partial charge in [0, 0.05) is 13.6 Å². The second-order valence-corrected chi connectivity index (χ2v) is 4.82. The fourth-order valence-electron chi connectivity index (χ4n) is 2.64. The first-order chi connectivity index (χ1) is 8.13. The van der Waals surface area contributed by atoms with Crippen molar-refractivity contribution in [3.05, 3.63) is 0 Å². The van der Waals surface area contributed by atoms with Crippen LogP contribution in [0.5, 0.6) is 0 Å². The van der Waals surface area contributed by atoms with Gasteiger partial charge in [-0.05, 0) is 32.6 Å². The molecular formula is C12H20N2O3. The number of likely N-dealkylation sites (N-methyl/N-ethyl adjacent to an activating group) is 1. The van der Waals surface area contributed by atoms with E-state index in [2.05, 4.69) is 5.32 Å². The van der Waals surface area contributed by atoms with E-state index < -0.39 is 0 Å². The number of ether oxygens (including phenoxy) is 1. The van der Waals surface area contributed by atoms with Crippen LogP contribution in [0.3, 0.4) is 0 Å². The number of likely N-dealkylation sites (tertiary alicyclic amines) is 1. The van der Waals surface area contributed by atoms with Crippen LogP contribution in [-0.2, 0) is 14.3 Å². The van der Waals surface area contributed by atoms with Crippen molar-refractivity contribution in [1.82, 2.24) is 10.2 Å². The predicted molar refractivity (Wildman–Crippen MR) is 62.4 cm³/mol. The highest BCUT2D eigenvalue weighted by Crippen LogP contribution is 2.25. The summed E-state index contributed by atoms with van der Waals surface area (Å²) in [6.45, 7) is 2.65. The molecule has 2 aliphatic rings. The minimum absolute atomic E-state index is 0.0135. The molecule has 0 aromatic carbocycles. The van der Waals surface area contributed by atoms with Gasteiger partial charge in [-0.2, -0.15) is 0 Å². The molecule has 1 N–H and O–H groups in total. The normalized spacial score (nSPS) is 32.8. The molecule has 2 amide bonds. The smallest absolute Gasteiger partial charge is 0.252 e. The maximum absolute atomic E-state index is 12.2. The van der Waals surface area contributed by atoms with Crippen LogP contribution in [0.4, 0.5) is 0 Å². The van der Waals surface area contributed by atoms with Gasteiger partial charge in [-0.3, -0.25) is 9.59 Å². The minimum Gasteiger partial charge on any atom is -0.365 e. The van der Waals surface area contributed by atoms with Gasteiger partial charge in [0.05, 0.1) is 6.10 Å². The van der Waals surface area contributed by atoms with E-state index in [9.17, 15) is 9.59 Å². The third kappa shape index (κ3) is 2.44. The molecule has 0 aromatic rings. The van der Waals surface area contributed by atoms with E-state index >= 15 is 0 Å². The summed E-state index contributed by atoms with van der Waals surface area (Å²) in [6, 6.07) is -0.299. The lowest BCUT2D eigenvalue weighted by atomic mass is 10.1. The van der Waals surface area contributed by atoms with Gasteiger partial charge < -0.3 is 15.0 Å². The third-order valence-electron chi connectivity index (χ3n) is 3.59. The zero-order valence-corrected chi connectivity index (χ0v) is 10.4. The van der Waals surface area contributed by atoms with Crippen molar-refractivity contribution < 1.29 is 14.3 Å². The molecule has 0 bridgehead atoms. The van der Waals surface area contributed by atoms with Crippen molar-refractivity contribution in [1.29, 1.82) is 0 Å². The van der Waals surface area contributed by atoms with E-state index in [0.29, 0.717) is 6.54 Å². The van der Waals surface area contributed by atoms with Gasteiger partial charge >= 0.3 is 0 Å². The summed E-state index contributed by atoms with van der Waals surface area (Å²) in [6.07, 6.45) is 3.17. The Kier molecular flexibility index (Phi) is 3.66. The molecule has 0 aliphatic carbocycles. The Morgan fingerprint density at radius 3 is 2.65 bits per heavy atom. The lowest BCUT2D eigenvalue weighted by Gasteiger charge is -2.26. The summed E-state index contributed by atoms with van der Waals surface area (Å²) >= 11 is 0. The Hall–Kier alpha value is -1.10. The predicted octanol–water partition coefficient (Wildman–Crippen LogP) is 0.291. The molecular weight excluding hydrogens is 220 g/mol. The van der Waals surface area contributed by atoms with E-state index in [1.165, 1.54) is 0 Å². The number of carbonyl (C=O) groups excluding carboxylic acids is 2. The number of nitrogens with zero attached hydrogens (tertiary/aromatic N) is 1. The first-order valence-corrected chi connectivity index (χ1v) is 6.31. The molecule has 2 aliphatic heterocycles. The Morgan fingerprint density at radius 1 is 1.29 bits per heavy atom. The summed E-state index contributed by atoms with van der Waals surface area (Å²) in [5, 5.41) is 2.62. The van der Waals surface area contributed by atoms with Crippen LogP contribution in [0.25, 0.3) is 0 Å². The zero-order chi connectivity index (χ0) is 12.4. The van der Waals surface area contributed by atoms with Crippen molar-refractivity contribution in [3.8, 4) is 0 Å². The molecule has 0 aromatic heterocycles. The Balaban J connectivity index is 2.01. The van der Waals surface area contributed by atoms with Crippen LogP contribution in [0.15, 0.2) is 0 Å². The number of hydrogen-bond donors (Lipinski definition) is 1. The van der Waals surface area contributed by atoms with Gasteiger partial charge in [0.15, 0.2) is 0 Å². The Bertz CT molecular complexity index is 319. The summed E-state index contributed by atoms with van der Waals surface area (Å²) in [5.41, 5.74) is 0. The van der Waals surface area contributed by atoms with E-state index in [0.717, 1.165) is 25.7 Å². The summed E-state index contributed by atoms with van der Waals surface area (Å²) in [4.78, 5) is 25.6. The number of nitrogens with one attached hydrogen (secondary N) is 1. The third-order valence-corrected chi connectivity index (χ3v) is 3.59. The molecule has 3 atom stereocenters. The fraction of sp³-hybridized carbons (Fsp3) is 0.833. The van der Waals surface area contributed by atoms with Gasteiger partial charge in [-0.15, -0.1) is 0 Å². The van der Waals surface area contributed by atoms with Crippen molar-refractivity contribution in [2.75, 3.05) is 13.6 Å². The Morgan fingerprint density at radius 2 is 2.06 bits per heavy atom. The molecule has 5 nitrogen and oxygen atoms in total. The summed E-state index contributed by atoms with van der Waals surface area (Å²) in [7, 11) is 1.61. The SMILES string of the molecule is CNC(=O)C1CCCN1C(=O)C1CCC(C)O1. The Labute approximate surface area is 101 Å². The van der Waals surface area contributed by atoms with Gasteiger partial charge in [0.25, 0.3) is 5.91 Å². The van der Waals surface area contributed by atoms with Crippen LogP contribution >= 0.6 is 0 Å². The van der Waals surface area contributed by atoms with Crippen LogP contribution in [0.2, 0.25) is 0 Å². The molecule has 2 saturated heterocycles. The second-order valence-electron chi connectivity index (χ2n) is 4.82. The largest absolute Gasteiger partial charge is 0.365 e. The topological polar surface area (TPSA) is 58.6 Å². The van der Waals surface area contributed by atoms with Crippen LogP contribution in [-0.4, -0.2) is 48.6 Å². The average Bonchev–Trinajstić information content (AvgIpc) is 2.95. The maximum atomic E-state index is 12.2. The monoisotopic (exact) mass is 240 g/mol. The highest BCUT2D eigenvalue weighted by atomic mass is 16.5. The molecule has 0 radical (unpaired) electrons. The lowest BCUT2D eigenvalue weighted by molar-refractivity contribution is -0.147. The molecule has 2 rings (SSSR count). The molecule has 17 heavy (non-hydrogen) atoms. The fourth-order valence-corrected chi connectivity index (χ4v) is 2.64. The second kappa shape index (κ2) is 5.04. The highest BCUT2D eigenvalue weighted by molar-refractivity contribution is 5.89. The van der Waals surface area contributed by atoms with Crippen molar-refractivity contribution in [2.45, 2.75) is 50.9 Å². The molecule has 0 saturated carbocycles. The van der Waals surface area contributed by atoms with Gasteiger partial charge in [0.1, 0.15) is 12.1 Å². The first kappa shape index (κ1) is 12.4. The number of carbonyl (C=O) groups is 2. The van der Waals surface area contributed by atoms with Crippen LogP contribution in [0.1, 0.15) is 32.6 Å². The van der Waals surface area contributed by atoms with Gasteiger partial charge in [-0.1, -0.05) is 0 Å². The lowest BCUT2D eigenvalue weighted by Crippen LogP contribution is -2.48. The van der Waals surface area contributed by atoms with Crippen LogP contribution in [0, 0.1) is 0 Å². The molecule has 3 unspecified atom stereocenters. The molecule has 2 heterocycles. The quantitative estimate of drug-likeness (QED) is 0.755. The van der Waals surface area contributed by atoms with Gasteiger partial charge in [0.2, 0.25) is 5.91 Å². The summed E-state index contributed by atoms with van der Waals surface area (Å²) < 4.78 is 5.57. The summed E-state index contributed by atoms with van der Waals surface area (Å²) in [5.74, 6) is -0.0812. The molecule has 0 spiro atoms. The molecule has 96 valence electrons. The van der Waals surface area contributed by atoms with Crippen molar-refractivity contribution in [2.24, 2.45) is 0 Å². The van der Waals surface area contributed by atoms with E-state index in [4.69, 9.17) is 4.74 Å². The maximum Gasteiger partial charge on any atom is 0.252 e.